The predicted molar refractivity (Wildman–Crippen MR) is 64.1 cm³/mol. The summed E-state index contributed by atoms with van der Waals surface area (Å²) in [4.78, 5) is 15.5. The Morgan fingerprint density at radius 2 is 2.12 bits per heavy atom. The van der Waals surface area contributed by atoms with Crippen molar-refractivity contribution in [2.24, 2.45) is 0 Å². The van der Waals surface area contributed by atoms with Crippen LogP contribution in [0.3, 0.4) is 0 Å². The smallest absolute Gasteiger partial charge is 0.292 e. The number of carbonyl (C=O) groups excluding carboxylic acids is 1. The first kappa shape index (κ1) is 13.9. The van der Waals surface area contributed by atoms with Crippen LogP contribution in [0, 0.1) is 0 Å². The summed E-state index contributed by atoms with van der Waals surface area (Å²) in [5.41, 5.74) is 0.198. The first-order valence-corrected chi connectivity index (χ1v) is 6.79. The van der Waals surface area contributed by atoms with E-state index in [0.717, 1.165) is 27.4 Å². The monoisotopic (exact) mass is 259 g/mol. The Labute approximate surface area is 101 Å². The fourth-order valence-electron chi connectivity index (χ4n) is 1.23. The number of unbranched alkanes of at least 4 members (excludes halogenated alkanes) is 1. The van der Waals surface area contributed by atoms with Crippen LogP contribution < -0.4 is 0 Å². The molecule has 1 rings (SSSR count). The Balaban J connectivity index is 2.89. The van der Waals surface area contributed by atoms with Gasteiger partial charge >= 0.3 is 10.2 Å². The van der Waals surface area contributed by atoms with Crippen molar-refractivity contribution < 1.29 is 13.2 Å². The Bertz CT molecular complexity index is 491. The molecule has 0 amide bonds. The summed E-state index contributed by atoms with van der Waals surface area (Å²) in [6, 6.07) is 0. The van der Waals surface area contributed by atoms with E-state index in [9.17, 15) is 13.2 Å². The average Bonchev–Trinajstić information content (AvgIpc) is 2.75. The van der Waals surface area contributed by atoms with Crippen LogP contribution in [0.1, 0.15) is 36.7 Å². The lowest BCUT2D eigenvalue weighted by Crippen LogP contribution is -2.27. The Kier molecular flexibility index (Phi) is 4.41. The van der Waals surface area contributed by atoms with Crippen molar-refractivity contribution in [1.29, 1.82) is 0 Å². The van der Waals surface area contributed by atoms with Crippen LogP contribution in [-0.2, 0) is 10.2 Å². The second-order valence-corrected chi connectivity index (χ2v) is 5.95. The van der Waals surface area contributed by atoms with Gasteiger partial charge in [-0.25, -0.2) is 8.96 Å². The number of nitrogens with zero attached hydrogens (tertiary/aromatic N) is 3. The van der Waals surface area contributed by atoms with Crippen LogP contribution in [0.25, 0.3) is 0 Å². The minimum Gasteiger partial charge on any atom is -0.292 e. The Morgan fingerprint density at radius 1 is 1.47 bits per heavy atom. The van der Waals surface area contributed by atoms with Gasteiger partial charge in [0, 0.05) is 20.5 Å². The molecular formula is C10H17N3O3S. The standard InChI is InChI=1S/C10H17N3O3S/c1-4-5-6-10(14)9-7-13(8-11-9)17(15,16)12(2)3/h7-8H,4-6H2,1-3H3. The summed E-state index contributed by atoms with van der Waals surface area (Å²) >= 11 is 0. The van der Waals surface area contributed by atoms with Crippen molar-refractivity contribution in [3.8, 4) is 0 Å². The molecule has 0 aliphatic rings. The van der Waals surface area contributed by atoms with Gasteiger partial charge in [0.1, 0.15) is 12.0 Å². The molecule has 0 aliphatic carbocycles. The summed E-state index contributed by atoms with van der Waals surface area (Å²) in [5.74, 6) is -0.125. The molecule has 0 saturated carbocycles. The normalized spacial score (nSPS) is 12.0. The molecule has 0 N–H and O–H groups in total. The van der Waals surface area contributed by atoms with Crippen LogP contribution in [0.5, 0.6) is 0 Å². The number of imidazole rings is 1. The van der Waals surface area contributed by atoms with Gasteiger partial charge in [-0.05, 0) is 6.42 Å². The molecule has 1 aromatic rings. The Morgan fingerprint density at radius 3 is 2.65 bits per heavy atom. The first-order chi connectivity index (χ1) is 7.89. The summed E-state index contributed by atoms with van der Waals surface area (Å²) in [7, 11) is -0.726. The minimum atomic E-state index is -3.57. The summed E-state index contributed by atoms with van der Waals surface area (Å²) in [6.07, 6.45) is 4.51. The number of hydrogen-bond acceptors (Lipinski definition) is 4. The van der Waals surface area contributed by atoms with E-state index >= 15 is 0 Å². The summed E-state index contributed by atoms with van der Waals surface area (Å²) in [6.45, 7) is 1.99. The lowest BCUT2D eigenvalue weighted by molar-refractivity contribution is 0.0975. The van der Waals surface area contributed by atoms with Crippen molar-refractivity contribution in [2.45, 2.75) is 26.2 Å². The van der Waals surface area contributed by atoms with Gasteiger partial charge in [0.2, 0.25) is 0 Å². The largest absolute Gasteiger partial charge is 0.308 e. The molecule has 0 aliphatic heterocycles. The van der Waals surface area contributed by atoms with Crippen molar-refractivity contribution >= 4 is 16.0 Å². The number of hydrogen-bond donors (Lipinski definition) is 0. The highest BCUT2D eigenvalue weighted by atomic mass is 32.2. The molecule has 0 atom stereocenters. The lowest BCUT2D eigenvalue weighted by Gasteiger charge is -2.10. The van der Waals surface area contributed by atoms with Gasteiger partial charge in [-0.3, -0.25) is 4.79 Å². The summed E-state index contributed by atoms with van der Waals surface area (Å²) < 4.78 is 25.5. The maximum Gasteiger partial charge on any atom is 0.308 e. The maximum atomic E-state index is 11.7. The van der Waals surface area contributed by atoms with E-state index in [0.29, 0.717) is 6.42 Å². The van der Waals surface area contributed by atoms with Crippen molar-refractivity contribution in [2.75, 3.05) is 14.1 Å². The zero-order chi connectivity index (χ0) is 13.1. The van der Waals surface area contributed by atoms with Crippen LogP contribution in [0.2, 0.25) is 0 Å². The highest BCUT2D eigenvalue weighted by Crippen LogP contribution is 2.07. The van der Waals surface area contributed by atoms with Gasteiger partial charge in [0.25, 0.3) is 0 Å². The maximum absolute atomic E-state index is 11.7. The van der Waals surface area contributed by atoms with Crippen molar-refractivity contribution in [3.05, 3.63) is 18.2 Å². The molecule has 1 aromatic heterocycles. The third-order valence-corrected chi connectivity index (χ3v) is 3.99. The molecule has 0 bridgehead atoms. The van der Waals surface area contributed by atoms with Gasteiger partial charge in [-0.15, -0.1) is 0 Å². The number of rotatable bonds is 6. The van der Waals surface area contributed by atoms with Crippen LogP contribution >= 0.6 is 0 Å². The fourth-order valence-corrected chi connectivity index (χ4v) is 2.01. The molecule has 0 fully saturated rings. The highest BCUT2D eigenvalue weighted by molar-refractivity contribution is 7.87. The van der Waals surface area contributed by atoms with E-state index in [2.05, 4.69) is 4.98 Å². The SMILES string of the molecule is CCCCC(=O)c1cn(S(=O)(=O)N(C)C)cn1. The zero-order valence-electron chi connectivity index (χ0n) is 10.3. The molecule has 96 valence electrons. The van der Waals surface area contributed by atoms with E-state index in [4.69, 9.17) is 0 Å². The molecule has 6 nitrogen and oxygen atoms in total. The van der Waals surface area contributed by atoms with Gasteiger partial charge in [0.15, 0.2) is 5.78 Å². The molecule has 7 heteroatoms. The van der Waals surface area contributed by atoms with E-state index in [1.54, 1.807) is 0 Å². The van der Waals surface area contributed by atoms with Gasteiger partial charge in [-0.1, -0.05) is 13.3 Å². The fraction of sp³-hybridized carbons (Fsp3) is 0.600. The van der Waals surface area contributed by atoms with Crippen LogP contribution in [0.4, 0.5) is 0 Å². The topological polar surface area (TPSA) is 72.3 Å². The van der Waals surface area contributed by atoms with Crippen molar-refractivity contribution in [1.82, 2.24) is 13.3 Å². The zero-order valence-corrected chi connectivity index (χ0v) is 11.1. The highest BCUT2D eigenvalue weighted by Gasteiger charge is 2.18. The first-order valence-electron chi connectivity index (χ1n) is 5.39. The van der Waals surface area contributed by atoms with Crippen molar-refractivity contribution in [3.63, 3.8) is 0 Å². The molecule has 0 saturated heterocycles. The number of aromatic nitrogens is 2. The minimum absolute atomic E-state index is 0.125. The third kappa shape index (κ3) is 3.13. The number of carbonyl (C=O) groups is 1. The molecular weight excluding hydrogens is 242 g/mol. The van der Waals surface area contributed by atoms with E-state index < -0.39 is 10.2 Å². The molecule has 0 radical (unpaired) electrons. The summed E-state index contributed by atoms with van der Waals surface area (Å²) in [5, 5.41) is 0. The van der Waals surface area contributed by atoms with Gasteiger partial charge in [0.05, 0.1) is 6.20 Å². The second kappa shape index (κ2) is 5.42. The van der Waals surface area contributed by atoms with Crippen LogP contribution in [-0.4, -0.2) is 41.6 Å². The van der Waals surface area contributed by atoms with E-state index in [1.165, 1.54) is 20.3 Å². The molecule has 0 unspecified atom stereocenters. The van der Waals surface area contributed by atoms with Crippen LogP contribution in [0.15, 0.2) is 12.5 Å². The quantitative estimate of drug-likeness (QED) is 0.712. The molecule has 0 aromatic carbocycles. The van der Waals surface area contributed by atoms with Gasteiger partial charge < -0.3 is 0 Å². The third-order valence-electron chi connectivity index (χ3n) is 2.33. The lowest BCUT2D eigenvalue weighted by atomic mass is 10.1. The van der Waals surface area contributed by atoms with Gasteiger partial charge in [-0.2, -0.15) is 12.7 Å². The molecule has 1 heterocycles. The number of Topliss-reactive ketones (excluding diaryl/α,β-unsaturated/α-hetero) is 1. The molecule has 17 heavy (non-hydrogen) atoms. The Hall–Kier alpha value is -1.21. The average molecular weight is 259 g/mol. The second-order valence-electron chi connectivity index (χ2n) is 3.91. The molecule has 0 spiro atoms. The van der Waals surface area contributed by atoms with E-state index in [1.807, 2.05) is 6.92 Å². The van der Waals surface area contributed by atoms with E-state index in [-0.39, 0.29) is 11.5 Å². The number of ketones is 1. The predicted octanol–water partition coefficient (Wildman–Crippen LogP) is 0.911.